The molecule has 2 aromatic carbocycles. The summed E-state index contributed by atoms with van der Waals surface area (Å²) in [4.78, 5) is 41.8. The van der Waals surface area contributed by atoms with Crippen molar-refractivity contribution in [2.75, 3.05) is 31.7 Å². The molecular formula is C25H27N3O5. The highest BCUT2D eigenvalue weighted by molar-refractivity contribution is 6.01. The first kappa shape index (κ1) is 22.4. The number of para-hydroxylation sites is 1. The number of anilines is 1. The van der Waals surface area contributed by atoms with Crippen LogP contribution in [0.2, 0.25) is 0 Å². The number of carbonyl (C=O) groups is 3. The van der Waals surface area contributed by atoms with Gasteiger partial charge in [-0.2, -0.15) is 0 Å². The van der Waals surface area contributed by atoms with E-state index in [-0.39, 0.29) is 19.1 Å². The first-order valence-electron chi connectivity index (χ1n) is 11.0. The number of carbonyl (C=O) groups excluding carboxylic acids is 3. The summed E-state index contributed by atoms with van der Waals surface area (Å²) in [5.74, 6) is -0.216. The van der Waals surface area contributed by atoms with E-state index >= 15 is 0 Å². The van der Waals surface area contributed by atoms with E-state index in [1.807, 2.05) is 43.3 Å². The molecule has 0 radical (unpaired) electrons. The topological polar surface area (TPSA) is 88.2 Å². The number of cyclic esters (lactones) is 1. The fraction of sp³-hybridized carbons (Fsp3) is 0.320. The minimum Gasteiger partial charge on any atom is -0.496 e. The van der Waals surface area contributed by atoms with Crippen molar-refractivity contribution in [2.24, 2.45) is 0 Å². The highest BCUT2D eigenvalue weighted by atomic mass is 16.5. The Morgan fingerprint density at radius 1 is 1.15 bits per heavy atom. The summed E-state index contributed by atoms with van der Waals surface area (Å²) in [5, 5.41) is 2.85. The molecule has 0 aromatic heterocycles. The highest BCUT2D eigenvalue weighted by Gasteiger charge is 2.43. The van der Waals surface area contributed by atoms with Crippen LogP contribution in [-0.2, 0) is 20.7 Å². The monoisotopic (exact) mass is 449 g/mol. The third-order valence-corrected chi connectivity index (χ3v) is 6.02. The normalized spacial score (nSPS) is 17.4. The summed E-state index contributed by atoms with van der Waals surface area (Å²) in [5.41, 5.74) is 3.32. The Morgan fingerprint density at radius 2 is 1.88 bits per heavy atom. The van der Waals surface area contributed by atoms with E-state index in [1.165, 1.54) is 17.6 Å². The number of benzene rings is 2. The van der Waals surface area contributed by atoms with E-state index < -0.39 is 18.0 Å². The number of hydrogen-bond donors (Lipinski definition) is 1. The van der Waals surface area contributed by atoms with Gasteiger partial charge in [-0.05, 0) is 37.1 Å². The van der Waals surface area contributed by atoms with Gasteiger partial charge in [0.1, 0.15) is 18.9 Å². The van der Waals surface area contributed by atoms with Gasteiger partial charge >= 0.3 is 12.0 Å². The summed E-state index contributed by atoms with van der Waals surface area (Å²) < 4.78 is 10.7. The van der Waals surface area contributed by atoms with E-state index in [0.29, 0.717) is 29.1 Å². The SMILES string of the molecule is CCc1ccc(N(CC)C(=O)CN2C(=O)N[C@H](c3ccccc3OC)C3=C2COC3=O)cc1. The Hall–Kier alpha value is -3.81. The lowest BCUT2D eigenvalue weighted by molar-refractivity contribution is -0.136. The average molecular weight is 450 g/mol. The molecule has 8 heteroatoms. The van der Waals surface area contributed by atoms with Crippen LogP contribution in [0, 0.1) is 0 Å². The second-order valence-corrected chi connectivity index (χ2v) is 7.81. The Kier molecular flexibility index (Phi) is 6.35. The van der Waals surface area contributed by atoms with Crippen molar-refractivity contribution < 1.29 is 23.9 Å². The van der Waals surface area contributed by atoms with Crippen LogP contribution in [0.5, 0.6) is 5.75 Å². The lowest BCUT2D eigenvalue weighted by Crippen LogP contribution is -2.51. The van der Waals surface area contributed by atoms with Crippen molar-refractivity contribution in [1.82, 2.24) is 10.2 Å². The minimum absolute atomic E-state index is 0.0577. The van der Waals surface area contributed by atoms with Crippen LogP contribution in [0.25, 0.3) is 0 Å². The zero-order chi connectivity index (χ0) is 23.5. The van der Waals surface area contributed by atoms with Crippen LogP contribution < -0.4 is 15.0 Å². The van der Waals surface area contributed by atoms with Gasteiger partial charge in [-0.1, -0.05) is 37.3 Å². The number of nitrogens with zero attached hydrogens (tertiary/aromatic N) is 2. The first-order chi connectivity index (χ1) is 16.0. The van der Waals surface area contributed by atoms with Crippen molar-refractivity contribution in [1.29, 1.82) is 0 Å². The number of likely N-dealkylation sites (N-methyl/N-ethyl adjacent to an activating group) is 1. The molecule has 0 spiro atoms. The van der Waals surface area contributed by atoms with E-state index in [9.17, 15) is 14.4 Å². The molecule has 8 nitrogen and oxygen atoms in total. The summed E-state index contributed by atoms with van der Waals surface area (Å²) >= 11 is 0. The molecule has 2 aliphatic heterocycles. The lowest BCUT2D eigenvalue weighted by atomic mass is 9.95. The summed E-state index contributed by atoms with van der Waals surface area (Å²) in [6.45, 7) is 4.14. The standard InChI is InChI=1S/C25H27N3O5/c1-4-16-10-12-17(13-11-16)27(5-2)21(29)14-28-19-15-33-24(30)22(19)23(26-25(28)31)18-8-6-7-9-20(18)32-3/h6-13,23H,4-5,14-15H2,1-3H3,(H,26,31)/t23-/m1/s1. The molecule has 172 valence electrons. The number of urea groups is 1. The molecule has 4 rings (SSSR count). The van der Waals surface area contributed by atoms with E-state index in [1.54, 1.807) is 17.0 Å². The summed E-state index contributed by atoms with van der Waals surface area (Å²) in [6.07, 6.45) is 0.909. The predicted octanol–water partition coefficient (Wildman–Crippen LogP) is 3.19. The van der Waals surface area contributed by atoms with E-state index in [2.05, 4.69) is 12.2 Å². The molecule has 0 fully saturated rings. The maximum absolute atomic E-state index is 13.2. The molecule has 3 amide bonds. The van der Waals surface area contributed by atoms with E-state index in [4.69, 9.17) is 9.47 Å². The maximum Gasteiger partial charge on any atom is 0.338 e. The van der Waals surface area contributed by atoms with Gasteiger partial charge in [-0.3, -0.25) is 9.69 Å². The molecule has 1 atom stereocenters. The van der Waals surface area contributed by atoms with Crippen LogP contribution in [0.15, 0.2) is 59.8 Å². The quantitative estimate of drug-likeness (QED) is 0.656. The zero-order valence-electron chi connectivity index (χ0n) is 19.0. The second-order valence-electron chi connectivity index (χ2n) is 7.81. The smallest absolute Gasteiger partial charge is 0.338 e. The van der Waals surface area contributed by atoms with Gasteiger partial charge in [0.05, 0.1) is 24.4 Å². The van der Waals surface area contributed by atoms with Gasteiger partial charge in [0.15, 0.2) is 0 Å². The van der Waals surface area contributed by atoms with Crippen LogP contribution >= 0.6 is 0 Å². The average Bonchev–Trinajstić information content (AvgIpc) is 3.23. The molecule has 2 aliphatic rings. The molecule has 0 unspecified atom stereocenters. The summed E-state index contributed by atoms with van der Waals surface area (Å²) in [7, 11) is 1.53. The van der Waals surface area contributed by atoms with Gasteiger partial charge in [0.2, 0.25) is 5.91 Å². The van der Waals surface area contributed by atoms with Gasteiger partial charge in [0, 0.05) is 17.8 Å². The third-order valence-electron chi connectivity index (χ3n) is 6.02. The largest absolute Gasteiger partial charge is 0.496 e. The Bertz CT molecular complexity index is 1110. The number of amides is 3. The highest BCUT2D eigenvalue weighted by Crippen LogP contribution is 2.38. The predicted molar refractivity (Wildman–Crippen MR) is 123 cm³/mol. The van der Waals surface area contributed by atoms with Crippen molar-refractivity contribution in [3.05, 3.63) is 70.9 Å². The van der Waals surface area contributed by atoms with Crippen molar-refractivity contribution in [2.45, 2.75) is 26.3 Å². The van der Waals surface area contributed by atoms with Gasteiger partial charge in [-0.25, -0.2) is 9.59 Å². The maximum atomic E-state index is 13.2. The molecule has 0 bridgehead atoms. The van der Waals surface area contributed by atoms with E-state index in [0.717, 1.165) is 12.1 Å². The van der Waals surface area contributed by atoms with Crippen LogP contribution in [0.3, 0.4) is 0 Å². The molecular weight excluding hydrogens is 422 g/mol. The fourth-order valence-electron chi connectivity index (χ4n) is 4.25. The Balaban J connectivity index is 1.63. The molecule has 0 saturated heterocycles. The first-order valence-corrected chi connectivity index (χ1v) is 11.0. The van der Waals surface area contributed by atoms with Gasteiger partial charge in [0.25, 0.3) is 0 Å². The van der Waals surface area contributed by atoms with Gasteiger partial charge in [-0.15, -0.1) is 0 Å². The lowest BCUT2D eigenvalue weighted by Gasteiger charge is -2.34. The molecule has 0 aliphatic carbocycles. The zero-order valence-corrected chi connectivity index (χ0v) is 19.0. The number of aryl methyl sites for hydroxylation is 1. The van der Waals surface area contributed by atoms with Gasteiger partial charge < -0.3 is 19.7 Å². The Morgan fingerprint density at radius 3 is 2.55 bits per heavy atom. The molecule has 1 N–H and O–H groups in total. The number of hydrogen-bond acceptors (Lipinski definition) is 5. The molecule has 2 heterocycles. The second kappa shape index (κ2) is 9.36. The number of nitrogens with one attached hydrogen (secondary N) is 1. The third kappa shape index (κ3) is 4.16. The number of esters is 1. The minimum atomic E-state index is -0.714. The van der Waals surface area contributed by atoms with Crippen LogP contribution in [-0.4, -0.2) is 49.6 Å². The van der Waals surface area contributed by atoms with Crippen molar-refractivity contribution in [3.8, 4) is 5.75 Å². The molecule has 33 heavy (non-hydrogen) atoms. The van der Waals surface area contributed by atoms with Crippen LogP contribution in [0.4, 0.5) is 10.5 Å². The van der Waals surface area contributed by atoms with Crippen molar-refractivity contribution in [3.63, 3.8) is 0 Å². The number of ether oxygens (including phenoxy) is 2. The summed E-state index contributed by atoms with van der Waals surface area (Å²) in [6, 6.07) is 13.8. The number of rotatable bonds is 7. The Labute approximate surface area is 192 Å². The van der Waals surface area contributed by atoms with Crippen LogP contribution in [0.1, 0.15) is 31.0 Å². The van der Waals surface area contributed by atoms with Crippen molar-refractivity contribution >= 4 is 23.6 Å². The number of methoxy groups -OCH3 is 1. The fourth-order valence-corrected chi connectivity index (χ4v) is 4.25. The molecule has 0 saturated carbocycles. The molecule has 2 aromatic rings.